The zero-order chi connectivity index (χ0) is 13.1. The van der Waals surface area contributed by atoms with Gasteiger partial charge < -0.3 is 9.84 Å². The lowest BCUT2D eigenvalue weighted by Crippen LogP contribution is -2.12. The Morgan fingerprint density at radius 1 is 1.44 bits per heavy atom. The standard InChI is InChI=1S/C13H15ClN2O2/c1-9-11(14)7-15-16(9)8-12(17)10-5-3-4-6-13(10)18-2/h3-7,12,17H,8H2,1-2H3. The van der Waals surface area contributed by atoms with E-state index in [2.05, 4.69) is 5.10 Å². The van der Waals surface area contributed by atoms with Crippen molar-refractivity contribution in [2.45, 2.75) is 19.6 Å². The lowest BCUT2D eigenvalue weighted by Gasteiger charge is -2.15. The monoisotopic (exact) mass is 266 g/mol. The Kier molecular flexibility index (Phi) is 3.89. The molecule has 0 aliphatic carbocycles. The van der Waals surface area contributed by atoms with Crippen LogP contribution in [0.3, 0.4) is 0 Å². The minimum Gasteiger partial charge on any atom is -0.496 e. The number of nitrogens with zero attached hydrogens (tertiary/aromatic N) is 2. The maximum Gasteiger partial charge on any atom is 0.124 e. The minimum atomic E-state index is -0.684. The molecule has 2 rings (SSSR count). The van der Waals surface area contributed by atoms with Gasteiger partial charge in [0.2, 0.25) is 0 Å². The van der Waals surface area contributed by atoms with E-state index in [1.807, 2.05) is 31.2 Å². The molecule has 1 heterocycles. The van der Waals surface area contributed by atoms with Gasteiger partial charge in [-0.15, -0.1) is 0 Å². The quantitative estimate of drug-likeness (QED) is 0.925. The molecule has 1 aromatic heterocycles. The average molecular weight is 267 g/mol. The van der Waals surface area contributed by atoms with Crippen LogP contribution in [-0.2, 0) is 6.54 Å². The molecule has 96 valence electrons. The highest BCUT2D eigenvalue weighted by molar-refractivity contribution is 6.31. The van der Waals surface area contributed by atoms with E-state index in [1.165, 1.54) is 0 Å². The van der Waals surface area contributed by atoms with Gasteiger partial charge in [0.25, 0.3) is 0 Å². The number of aliphatic hydroxyl groups excluding tert-OH is 1. The van der Waals surface area contributed by atoms with Gasteiger partial charge in [0.1, 0.15) is 11.9 Å². The molecule has 0 saturated heterocycles. The van der Waals surface area contributed by atoms with Gasteiger partial charge in [0.05, 0.1) is 30.6 Å². The highest BCUT2D eigenvalue weighted by Crippen LogP contribution is 2.26. The number of rotatable bonds is 4. The minimum absolute atomic E-state index is 0.346. The fraction of sp³-hybridized carbons (Fsp3) is 0.308. The number of aromatic nitrogens is 2. The lowest BCUT2D eigenvalue weighted by atomic mass is 10.1. The smallest absolute Gasteiger partial charge is 0.124 e. The molecule has 1 N–H and O–H groups in total. The van der Waals surface area contributed by atoms with Gasteiger partial charge in [-0.3, -0.25) is 4.68 Å². The van der Waals surface area contributed by atoms with Gasteiger partial charge in [0, 0.05) is 5.56 Å². The molecule has 2 aromatic rings. The normalized spacial score (nSPS) is 12.4. The van der Waals surface area contributed by atoms with Crippen molar-refractivity contribution >= 4 is 11.6 Å². The number of ether oxygens (including phenoxy) is 1. The zero-order valence-electron chi connectivity index (χ0n) is 10.3. The predicted octanol–water partition coefficient (Wildman–Crippen LogP) is 2.59. The SMILES string of the molecule is COc1ccccc1C(O)Cn1ncc(Cl)c1C. The van der Waals surface area contributed by atoms with Crippen LogP contribution in [0.2, 0.25) is 5.02 Å². The number of para-hydroxylation sites is 1. The number of halogens is 1. The van der Waals surface area contributed by atoms with E-state index in [9.17, 15) is 5.11 Å². The van der Waals surface area contributed by atoms with Crippen LogP contribution in [0.4, 0.5) is 0 Å². The summed E-state index contributed by atoms with van der Waals surface area (Å²) in [4.78, 5) is 0. The highest BCUT2D eigenvalue weighted by atomic mass is 35.5. The summed E-state index contributed by atoms with van der Waals surface area (Å²) >= 11 is 5.93. The van der Waals surface area contributed by atoms with Crippen LogP contribution < -0.4 is 4.74 Å². The topological polar surface area (TPSA) is 47.3 Å². The van der Waals surface area contributed by atoms with Gasteiger partial charge in [0.15, 0.2) is 0 Å². The van der Waals surface area contributed by atoms with Gasteiger partial charge in [-0.1, -0.05) is 29.8 Å². The van der Waals surface area contributed by atoms with Crippen LogP contribution >= 0.6 is 11.6 Å². The summed E-state index contributed by atoms with van der Waals surface area (Å²) in [5.74, 6) is 0.668. The predicted molar refractivity (Wildman–Crippen MR) is 69.9 cm³/mol. The molecule has 0 bridgehead atoms. The van der Waals surface area contributed by atoms with Crippen molar-refractivity contribution in [3.63, 3.8) is 0 Å². The van der Waals surface area contributed by atoms with Crippen LogP contribution in [0, 0.1) is 6.92 Å². The second kappa shape index (κ2) is 5.42. The number of hydrogen-bond donors (Lipinski definition) is 1. The third kappa shape index (κ3) is 2.49. The summed E-state index contributed by atoms with van der Waals surface area (Å²) in [5.41, 5.74) is 1.58. The summed E-state index contributed by atoms with van der Waals surface area (Å²) in [6.45, 7) is 2.21. The fourth-order valence-corrected chi connectivity index (χ4v) is 1.95. The molecule has 5 heteroatoms. The van der Waals surface area contributed by atoms with Crippen LogP contribution in [0.15, 0.2) is 30.5 Å². The molecule has 1 unspecified atom stereocenters. The Hall–Kier alpha value is -1.52. The van der Waals surface area contributed by atoms with E-state index >= 15 is 0 Å². The molecule has 1 aromatic carbocycles. The van der Waals surface area contributed by atoms with E-state index in [4.69, 9.17) is 16.3 Å². The van der Waals surface area contributed by atoms with E-state index in [-0.39, 0.29) is 0 Å². The molecule has 0 saturated carbocycles. The van der Waals surface area contributed by atoms with E-state index < -0.39 is 6.10 Å². The Labute approximate surface area is 111 Å². The molecular weight excluding hydrogens is 252 g/mol. The van der Waals surface area contributed by atoms with E-state index in [1.54, 1.807) is 18.0 Å². The maximum absolute atomic E-state index is 10.2. The van der Waals surface area contributed by atoms with Crippen molar-refractivity contribution in [1.82, 2.24) is 9.78 Å². The Bertz CT molecular complexity index is 540. The summed E-state index contributed by atoms with van der Waals surface area (Å²) < 4.78 is 6.90. The number of aliphatic hydroxyl groups is 1. The molecular formula is C13H15ClN2O2. The van der Waals surface area contributed by atoms with Crippen LogP contribution in [0.5, 0.6) is 5.75 Å². The molecule has 0 spiro atoms. The summed E-state index contributed by atoms with van der Waals surface area (Å²) in [7, 11) is 1.58. The molecule has 1 atom stereocenters. The Morgan fingerprint density at radius 3 is 2.78 bits per heavy atom. The maximum atomic E-state index is 10.2. The molecule has 0 aliphatic rings. The van der Waals surface area contributed by atoms with Crippen molar-refractivity contribution in [1.29, 1.82) is 0 Å². The third-order valence-electron chi connectivity index (χ3n) is 2.89. The average Bonchev–Trinajstić information content (AvgIpc) is 2.70. The lowest BCUT2D eigenvalue weighted by molar-refractivity contribution is 0.147. The van der Waals surface area contributed by atoms with Crippen molar-refractivity contribution in [2.24, 2.45) is 0 Å². The molecule has 0 amide bonds. The molecule has 18 heavy (non-hydrogen) atoms. The first-order valence-corrected chi connectivity index (χ1v) is 6.00. The number of hydrogen-bond acceptors (Lipinski definition) is 3. The van der Waals surface area contributed by atoms with Crippen molar-refractivity contribution in [3.8, 4) is 5.75 Å². The van der Waals surface area contributed by atoms with Gasteiger partial charge in [-0.2, -0.15) is 5.10 Å². The third-order valence-corrected chi connectivity index (χ3v) is 3.26. The number of benzene rings is 1. The van der Waals surface area contributed by atoms with Crippen LogP contribution in [0.1, 0.15) is 17.4 Å². The first-order valence-electron chi connectivity index (χ1n) is 5.62. The molecule has 0 radical (unpaired) electrons. The first kappa shape index (κ1) is 12.9. The second-order valence-electron chi connectivity index (χ2n) is 4.02. The van der Waals surface area contributed by atoms with Crippen LogP contribution in [-0.4, -0.2) is 22.0 Å². The summed E-state index contributed by atoms with van der Waals surface area (Å²) in [6.07, 6.45) is 0.891. The second-order valence-corrected chi connectivity index (χ2v) is 4.42. The highest BCUT2D eigenvalue weighted by Gasteiger charge is 2.15. The zero-order valence-corrected chi connectivity index (χ0v) is 11.1. The van der Waals surface area contributed by atoms with Gasteiger partial charge in [-0.05, 0) is 13.0 Å². The fourth-order valence-electron chi connectivity index (χ4n) is 1.81. The van der Waals surface area contributed by atoms with Gasteiger partial charge >= 0.3 is 0 Å². The largest absolute Gasteiger partial charge is 0.496 e. The van der Waals surface area contributed by atoms with E-state index in [0.29, 0.717) is 17.3 Å². The first-order chi connectivity index (χ1) is 8.63. The molecule has 0 fully saturated rings. The van der Waals surface area contributed by atoms with Crippen molar-refractivity contribution in [3.05, 3.63) is 46.7 Å². The Morgan fingerprint density at radius 2 is 2.17 bits per heavy atom. The molecule has 4 nitrogen and oxygen atoms in total. The van der Waals surface area contributed by atoms with Crippen LogP contribution in [0.25, 0.3) is 0 Å². The van der Waals surface area contributed by atoms with Crippen molar-refractivity contribution < 1.29 is 9.84 Å². The van der Waals surface area contributed by atoms with E-state index in [0.717, 1.165) is 11.3 Å². The summed E-state index contributed by atoms with van der Waals surface area (Å²) in [6, 6.07) is 7.39. The number of methoxy groups -OCH3 is 1. The Balaban J connectivity index is 2.22. The van der Waals surface area contributed by atoms with Crippen molar-refractivity contribution in [2.75, 3.05) is 7.11 Å². The molecule has 0 aliphatic heterocycles. The summed E-state index contributed by atoms with van der Waals surface area (Å²) in [5, 5.41) is 15.0. The van der Waals surface area contributed by atoms with Gasteiger partial charge in [-0.25, -0.2) is 0 Å².